The van der Waals surface area contributed by atoms with Gasteiger partial charge in [0.1, 0.15) is 5.75 Å². The smallest absolute Gasteiger partial charge is 0.338 e. The fraction of sp³-hybridized carbons (Fsp3) is 0.217. The Balaban J connectivity index is 1.90. The van der Waals surface area contributed by atoms with Crippen molar-refractivity contribution >= 4 is 46.5 Å². The number of hydrogen-bond donors (Lipinski definition) is 1. The molecule has 0 bridgehead atoms. The summed E-state index contributed by atoms with van der Waals surface area (Å²) in [4.78, 5) is 42.6. The van der Waals surface area contributed by atoms with Gasteiger partial charge in [-0.25, -0.2) is 9.79 Å². The second kappa shape index (κ2) is 10.6. The van der Waals surface area contributed by atoms with E-state index in [9.17, 15) is 14.4 Å². The van der Waals surface area contributed by atoms with Crippen LogP contribution in [0, 0.1) is 0 Å². The number of amidine groups is 1. The van der Waals surface area contributed by atoms with Gasteiger partial charge >= 0.3 is 5.97 Å². The SMILES string of the molecule is CCOC(=O)c1cccc(N=C2SC(=Cc3ccccc3OCC(N)=O)C(=O)N2CC)c1. The van der Waals surface area contributed by atoms with Crippen LogP contribution in [0.3, 0.4) is 0 Å². The van der Waals surface area contributed by atoms with Crippen LogP contribution in [0.15, 0.2) is 58.4 Å². The summed E-state index contributed by atoms with van der Waals surface area (Å²) in [6, 6.07) is 13.8. The number of primary amides is 1. The molecular formula is C23H23N3O5S. The summed E-state index contributed by atoms with van der Waals surface area (Å²) in [5, 5.41) is 0.500. The molecule has 2 aromatic carbocycles. The van der Waals surface area contributed by atoms with Gasteiger partial charge in [0.25, 0.3) is 11.8 Å². The highest BCUT2D eigenvalue weighted by atomic mass is 32.2. The van der Waals surface area contributed by atoms with Crippen LogP contribution >= 0.6 is 11.8 Å². The molecule has 2 amide bonds. The monoisotopic (exact) mass is 453 g/mol. The van der Waals surface area contributed by atoms with Gasteiger partial charge in [0.15, 0.2) is 11.8 Å². The number of carbonyl (C=O) groups excluding carboxylic acids is 3. The van der Waals surface area contributed by atoms with Gasteiger partial charge in [-0.15, -0.1) is 0 Å². The molecule has 1 saturated heterocycles. The number of nitrogens with two attached hydrogens (primary N) is 1. The minimum atomic E-state index is -0.588. The number of benzene rings is 2. The third-order valence-electron chi connectivity index (χ3n) is 4.36. The minimum absolute atomic E-state index is 0.192. The Morgan fingerprint density at radius 3 is 2.66 bits per heavy atom. The maximum Gasteiger partial charge on any atom is 0.338 e. The Morgan fingerprint density at radius 2 is 1.94 bits per heavy atom. The van der Waals surface area contributed by atoms with E-state index in [0.717, 1.165) is 0 Å². The lowest BCUT2D eigenvalue weighted by atomic mass is 10.2. The Kier molecular flexibility index (Phi) is 7.67. The van der Waals surface area contributed by atoms with Crippen LogP contribution in [-0.2, 0) is 14.3 Å². The molecule has 0 unspecified atom stereocenters. The Hall–Kier alpha value is -3.59. The van der Waals surface area contributed by atoms with Crippen molar-refractivity contribution in [3.63, 3.8) is 0 Å². The highest BCUT2D eigenvalue weighted by Gasteiger charge is 2.32. The zero-order valence-electron chi connectivity index (χ0n) is 17.7. The second-order valence-electron chi connectivity index (χ2n) is 6.62. The van der Waals surface area contributed by atoms with E-state index in [2.05, 4.69) is 4.99 Å². The van der Waals surface area contributed by atoms with Crippen LogP contribution < -0.4 is 10.5 Å². The summed E-state index contributed by atoms with van der Waals surface area (Å²) < 4.78 is 10.5. The number of para-hydroxylation sites is 1. The summed E-state index contributed by atoms with van der Waals surface area (Å²) in [6.07, 6.45) is 1.70. The molecule has 3 rings (SSSR count). The summed E-state index contributed by atoms with van der Waals surface area (Å²) >= 11 is 1.22. The number of hydrogen-bond acceptors (Lipinski definition) is 7. The van der Waals surface area contributed by atoms with Crippen molar-refractivity contribution in [2.75, 3.05) is 19.8 Å². The van der Waals surface area contributed by atoms with E-state index in [1.54, 1.807) is 66.4 Å². The number of rotatable bonds is 8. The van der Waals surface area contributed by atoms with Crippen molar-refractivity contribution in [1.82, 2.24) is 4.90 Å². The molecule has 1 heterocycles. The largest absolute Gasteiger partial charge is 0.483 e. The molecule has 1 fully saturated rings. The van der Waals surface area contributed by atoms with Crippen LogP contribution in [0.2, 0.25) is 0 Å². The Bertz CT molecular complexity index is 1100. The van der Waals surface area contributed by atoms with Gasteiger partial charge in [-0.05, 0) is 56.0 Å². The predicted molar refractivity (Wildman–Crippen MR) is 124 cm³/mol. The number of aliphatic imine (C=N–C) groups is 1. The number of thioether (sulfide) groups is 1. The van der Waals surface area contributed by atoms with E-state index in [4.69, 9.17) is 15.2 Å². The molecule has 0 saturated carbocycles. The number of carbonyl (C=O) groups is 3. The van der Waals surface area contributed by atoms with Crippen molar-refractivity contribution in [1.29, 1.82) is 0 Å². The van der Waals surface area contributed by atoms with Gasteiger partial charge in [0.2, 0.25) is 0 Å². The number of ether oxygens (including phenoxy) is 2. The molecular weight excluding hydrogens is 430 g/mol. The van der Waals surface area contributed by atoms with Crippen LogP contribution in [0.4, 0.5) is 5.69 Å². The van der Waals surface area contributed by atoms with Crippen LogP contribution in [-0.4, -0.2) is 47.6 Å². The summed E-state index contributed by atoms with van der Waals surface area (Å²) in [5.41, 5.74) is 6.73. The van der Waals surface area contributed by atoms with Gasteiger partial charge in [0, 0.05) is 12.1 Å². The molecule has 1 aliphatic heterocycles. The fourth-order valence-electron chi connectivity index (χ4n) is 2.92. The van der Waals surface area contributed by atoms with Crippen LogP contribution in [0.1, 0.15) is 29.8 Å². The molecule has 9 heteroatoms. The molecule has 0 atom stereocenters. The van der Waals surface area contributed by atoms with Gasteiger partial charge in [-0.1, -0.05) is 24.3 Å². The van der Waals surface area contributed by atoms with Crippen molar-refractivity contribution < 1.29 is 23.9 Å². The Labute approximate surface area is 190 Å². The van der Waals surface area contributed by atoms with Crippen molar-refractivity contribution in [2.45, 2.75) is 13.8 Å². The molecule has 0 aromatic heterocycles. The third kappa shape index (κ3) is 5.55. The number of esters is 1. The number of amides is 2. The van der Waals surface area contributed by atoms with E-state index in [1.807, 2.05) is 6.92 Å². The topological polar surface area (TPSA) is 111 Å². The van der Waals surface area contributed by atoms with Crippen LogP contribution in [0.5, 0.6) is 5.75 Å². The minimum Gasteiger partial charge on any atom is -0.483 e. The number of nitrogens with zero attached hydrogens (tertiary/aromatic N) is 2. The van der Waals surface area contributed by atoms with E-state index in [1.165, 1.54) is 11.8 Å². The first-order valence-corrected chi connectivity index (χ1v) is 10.8. The predicted octanol–water partition coefficient (Wildman–Crippen LogP) is 3.35. The van der Waals surface area contributed by atoms with E-state index in [0.29, 0.717) is 39.2 Å². The first kappa shape index (κ1) is 23.1. The molecule has 1 aliphatic rings. The standard InChI is InChI=1S/C23H23N3O5S/c1-3-26-21(28)19(13-15-8-5-6-11-18(15)31-14-20(24)27)32-23(26)25-17-10-7-9-16(12-17)22(29)30-4-2/h5-13H,3-4,14H2,1-2H3,(H2,24,27). The highest BCUT2D eigenvalue weighted by molar-refractivity contribution is 8.18. The van der Waals surface area contributed by atoms with Gasteiger partial charge in [0.05, 0.1) is 22.8 Å². The van der Waals surface area contributed by atoms with E-state index >= 15 is 0 Å². The molecule has 0 spiro atoms. The molecule has 2 aromatic rings. The van der Waals surface area contributed by atoms with Crippen molar-refractivity contribution in [2.24, 2.45) is 10.7 Å². The maximum absolute atomic E-state index is 12.9. The lowest BCUT2D eigenvalue weighted by molar-refractivity contribution is -0.122. The van der Waals surface area contributed by atoms with Gasteiger partial charge < -0.3 is 15.2 Å². The zero-order chi connectivity index (χ0) is 23.1. The Morgan fingerprint density at radius 1 is 1.16 bits per heavy atom. The van der Waals surface area contributed by atoms with E-state index in [-0.39, 0.29) is 19.1 Å². The summed E-state index contributed by atoms with van der Waals surface area (Å²) in [7, 11) is 0. The van der Waals surface area contributed by atoms with Gasteiger partial charge in [-0.3, -0.25) is 14.5 Å². The zero-order valence-corrected chi connectivity index (χ0v) is 18.6. The average Bonchev–Trinajstić information content (AvgIpc) is 3.07. The maximum atomic E-state index is 12.9. The summed E-state index contributed by atoms with van der Waals surface area (Å²) in [6.45, 7) is 4.05. The highest BCUT2D eigenvalue weighted by Crippen LogP contribution is 2.35. The summed E-state index contributed by atoms with van der Waals surface area (Å²) in [5.74, 6) is -0.758. The molecule has 166 valence electrons. The molecule has 0 radical (unpaired) electrons. The lowest BCUT2D eigenvalue weighted by Gasteiger charge is -2.12. The molecule has 8 nitrogen and oxygen atoms in total. The molecule has 2 N–H and O–H groups in total. The van der Waals surface area contributed by atoms with E-state index < -0.39 is 11.9 Å². The second-order valence-corrected chi connectivity index (χ2v) is 7.63. The van der Waals surface area contributed by atoms with Crippen molar-refractivity contribution in [3.05, 3.63) is 64.6 Å². The van der Waals surface area contributed by atoms with Crippen molar-refractivity contribution in [3.8, 4) is 5.75 Å². The lowest BCUT2D eigenvalue weighted by Crippen LogP contribution is -2.28. The number of likely N-dealkylation sites (N-methyl/N-ethyl adjacent to an activating group) is 1. The third-order valence-corrected chi connectivity index (χ3v) is 5.37. The van der Waals surface area contributed by atoms with Gasteiger partial charge in [-0.2, -0.15) is 0 Å². The normalized spacial score (nSPS) is 15.9. The quantitative estimate of drug-likeness (QED) is 0.485. The fourth-order valence-corrected chi connectivity index (χ4v) is 3.97. The molecule has 32 heavy (non-hydrogen) atoms. The first-order valence-electron chi connectivity index (χ1n) is 10.00. The average molecular weight is 454 g/mol. The van der Waals surface area contributed by atoms with Crippen LogP contribution in [0.25, 0.3) is 6.08 Å². The first-order chi connectivity index (χ1) is 15.4. The molecule has 0 aliphatic carbocycles.